The van der Waals surface area contributed by atoms with Gasteiger partial charge in [0, 0.05) is 34.8 Å². The Morgan fingerprint density at radius 1 is 0.850 bits per heavy atom. The fraction of sp³-hybridized carbons (Fsp3) is 0.0370. The first-order valence-electron chi connectivity index (χ1n) is 11.4. The molecule has 2 N–H and O–H groups in total. The van der Waals surface area contributed by atoms with E-state index in [-0.39, 0.29) is 22.0 Å². The summed E-state index contributed by atoms with van der Waals surface area (Å²) in [5, 5.41) is 4.50. The van der Waals surface area contributed by atoms with E-state index >= 15 is 0 Å². The maximum atomic E-state index is 13.5. The number of rotatable bonds is 5. The standard InChI is InChI=1S/C27H15Cl2F4N5O2/c28-19-6-4-15(11-18(19)27(31,32)33)25(39)36-17-3-1-2-14(10-17)22-13-35-24-23(34-8-9-38(22)24)37-26(40)16-5-7-21(30)20(29)12-16/h1-13H,(H,36,39)(H,34,37,40). The topological polar surface area (TPSA) is 88.4 Å². The molecule has 0 atom stereocenters. The molecule has 0 bridgehead atoms. The van der Waals surface area contributed by atoms with Crippen molar-refractivity contribution in [1.82, 2.24) is 14.4 Å². The van der Waals surface area contributed by atoms with Crippen molar-refractivity contribution in [3.63, 3.8) is 0 Å². The van der Waals surface area contributed by atoms with E-state index in [1.165, 1.54) is 30.6 Å². The molecular formula is C27H15Cl2F4N5O2. The predicted molar refractivity (Wildman–Crippen MR) is 142 cm³/mol. The maximum absolute atomic E-state index is 13.5. The van der Waals surface area contributed by atoms with Gasteiger partial charge in [-0.2, -0.15) is 13.2 Å². The van der Waals surface area contributed by atoms with Gasteiger partial charge >= 0.3 is 6.18 Å². The van der Waals surface area contributed by atoms with Crippen LogP contribution in [0.15, 0.2) is 79.3 Å². The van der Waals surface area contributed by atoms with E-state index in [1.807, 2.05) is 0 Å². The number of fused-ring (bicyclic) bond motifs is 1. The number of hydrogen-bond donors (Lipinski definition) is 2. The zero-order valence-electron chi connectivity index (χ0n) is 19.9. The zero-order valence-corrected chi connectivity index (χ0v) is 21.4. The summed E-state index contributed by atoms with van der Waals surface area (Å²) in [6, 6.07) is 13.0. The number of alkyl halides is 3. The van der Waals surface area contributed by atoms with Crippen LogP contribution in [-0.2, 0) is 6.18 Å². The summed E-state index contributed by atoms with van der Waals surface area (Å²) in [5.41, 5.74) is 0.580. The highest BCUT2D eigenvalue weighted by molar-refractivity contribution is 6.31. The number of nitrogens with one attached hydrogen (secondary N) is 2. The minimum absolute atomic E-state index is 0.119. The largest absolute Gasteiger partial charge is 0.417 e. The van der Waals surface area contributed by atoms with Crippen LogP contribution in [0, 0.1) is 5.82 Å². The molecule has 5 rings (SSSR count). The Morgan fingerprint density at radius 3 is 2.33 bits per heavy atom. The van der Waals surface area contributed by atoms with E-state index in [4.69, 9.17) is 23.2 Å². The van der Waals surface area contributed by atoms with Crippen LogP contribution >= 0.6 is 23.2 Å². The molecule has 0 aliphatic rings. The number of carbonyl (C=O) groups is 2. The van der Waals surface area contributed by atoms with Gasteiger partial charge in [0.05, 0.1) is 27.5 Å². The number of halogens is 6. The van der Waals surface area contributed by atoms with Gasteiger partial charge in [0.15, 0.2) is 11.5 Å². The number of benzene rings is 3. The lowest BCUT2D eigenvalue weighted by Crippen LogP contribution is -2.14. The minimum Gasteiger partial charge on any atom is -0.322 e. The van der Waals surface area contributed by atoms with Gasteiger partial charge in [-0.05, 0) is 48.5 Å². The van der Waals surface area contributed by atoms with E-state index in [9.17, 15) is 27.2 Å². The van der Waals surface area contributed by atoms with E-state index < -0.39 is 34.4 Å². The van der Waals surface area contributed by atoms with Crippen LogP contribution in [0.1, 0.15) is 26.3 Å². The molecule has 40 heavy (non-hydrogen) atoms. The average molecular weight is 588 g/mol. The van der Waals surface area contributed by atoms with Gasteiger partial charge in [-0.3, -0.25) is 14.0 Å². The van der Waals surface area contributed by atoms with Gasteiger partial charge in [0.2, 0.25) is 0 Å². The van der Waals surface area contributed by atoms with Crippen molar-refractivity contribution >= 4 is 52.2 Å². The Morgan fingerprint density at radius 2 is 1.57 bits per heavy atom. The van der Waals surface area contributed by atoms with Crippen molar-refractivity contribution in [2.24, 2.45) is 0 Å². The Labute approximate surface area is 233 Å². The fourth-order valence-electron chi connectivity index (χ4n) is 3.88. The molecule has 0 spiro atoms. The predicted octanol–water partition coefficient (Wildman–Crippen LogP) is 7.37. The lowest BCUT2D eigenvalue weighted by atomic mass is 10.1. The van der Waals surface area contributed by atoms with Crippen LogP contribution in [0.4, 0.5) is 29.1 Å². The van der Waals surface area contributed by atoms with Crippen LogP contribution in [-0.4, -0.2) is 26.2 Å². The summed E-state index contributed by atoms with van der Waals surface area (Å²) < 4.78 is 54.7. The molecule has 5 aromatic rings. The Hall–Kier alpha value is -4.48. The molecule has 0 saturated carbocycles. The summed E-state index contributed by atoms with van der Waals surface area (Å²) in [6.45, 7) is 0. The molecule has 0 fully saturated rings. The van der Waals surface area contributed by atoms with Crippen molar-refractivity contribution in [2.45, 2.75) is 6.18 Å². The second kappa shape index (κ2) is 10.6. The summed E-state index contributed by atoms with van der Waals surface area (Å²) in [6.07, 6.45) is -0.137. The molecule has 0 radical (unpaired) electrons. The molecule has 13 heteroatoms. The van der Waals surface area contributed by atoms with Gasteiger partial charge in [-0.15, -0.1) is 0 Å². The monoisotopic (exact) mass is 587 g/mol. The second-order valence-electron chi connectivity index (χ2n) is 8.42. The van der Waals surface area contributed by atoms with Crippen molar-refractivity contribution < 1.29 is 27.2 Å². The highest BCUT2D eigenvalue weighted by atomic mass is 35.5. The quantitative estimate of drug-likeness (QED) is 0.210. The first kappa shape index (κ1) is 27.1. The van der Waals surface area contributed by atoms with Gasteiger partial charge in [-0.1, -0.05) is 35.3 Å². The van der Waals surface area contributed by atoms with Crippen molar-refractivity contribution in [2.75, 3.05) is 10.6 Å². The van der Waals surface area contributed by atoms with Crippen LogP contribution in [0.25, 0.3) is 16.9 Å². The summed E-state index contributed by atoms with van der Waals surface area (Å²) in [5.74, 6) is -1.86. The van der Waals surface area contributed by atoms with Gasteiger partial charge in [-0.25, -0.2) is 14.4 Å². The number of amides is 2. The van der Waals surface area contributed by atoms with Gasteiger partial charge < -0.3 is 10.6 Å². The molecular weight excluding hydrogens is 573 g/mol. The molecule has 0 saturated heterocycles. The Bertz CT molecular complexity index is 1790. The van der Waals surface area contributed by atoms with E-state index in [0.29, 0.717) is 28.7 Å². The van der Waals surface area contributed by atoms with E-state index in [1.54, 1.807) is 34.9 Å². The molecule has 2 heterocycles. The van der Waals surface area contributed by atoms with Crippen molar-refractivity contribution in [3.05, 3.63) is 112 Å². The molecule has 0 unspecified atom stereocenters. The number of nitrogens with zero attached hydrogens (tertiary/aromatic N) is 3. The first-order valence-corrected chi connectivity index (χ1v) is 12.1. The van der Waals surface area contributed by atoms with Crippen LogP contribution in [0.2, 0.25) is 10.0 Å². The second-order valence-corrected chi connectivity index (χ2v) is 9.24. The lowest BCUT2D eigenvalue weighted by Gasteiger charge is -2.12. The Kier molecular flexibility index (Phi) is 7.17. The smallest absolute Gasteiger partial charge is 0.322 e. The third kappa shape index (κ3) is 5.47. The van der Waals surface area contributed by atoms with Crippen LogP contribution < -0.4 is 10.6 Å². The van der Waals surface area contributed by atoms with Crippen molar-refractivity contribution in [3.8, 4) is 11.3 Å². The normalized spacial score (nSPS) is 11.4. The molecule has 2 aromatic heterocycles. The zero-order chi connectivity index (χ0) is 28.6. The molecule has 202 valence electrons. The third-order valence-electron chi connectivity index (χ3n) is 5.79. The Balaban J connectivity index is 1.40. The third-order valence-corrected chi connectivity index (χ3v) is 6.41. The number of aromatic nitrogens is 3. The minimum atomic E-state index is -4.71. The molecule has 0 aliphatic heterocycles. The summed E-state index contributed by atoms with van der Waals surface area (Å²) in [4.78, 5) is 33.9. The SMILES string of the molecule is O=C(Nc1cccc(-c2cnc3c(NC(=O)c4ccc(F)c(Cl)c4)nccn23)c1)c1ccc(Cl)c(C(F)(F)F)c1. The van der Waals surface area contributed by atoms with Gasteiger partial charge in [0.25, 0.3) is 11.8 Å². The number of hydrogen-bond acceptors (Lipinski definition) is 4. The number of anilines is 2. The number of carbonyl (C=O) groups excluding carboxylic acids is 2. The van der Waals surface area contributed by atoms with Crippen molar-refractivity contribution in [1.29, 1.82) is 0 Å². The van der Waals surface area contributed by atoms with Crippen LogP contribution in [0.5, 0.6) is 0 Å². The van der Waals surface area contributed by atoms with E-state index in [2.05, 4.69) is 20.6 Å². The van der Waals surface area contributed by atoms with E-state index in [0.717, 1.165) is 12.1 Å². The fourth-order valence-corrected chi connectivity index (χ4v) is 4.29. The highest BCUT2D eigenvalue weighted by Gasteiger charge is 2.33. The molecule has 7 nitrogen and oxygen atoms in total. The number of imidazole rings is 1. The first-order chi connectivity index (χ1) is 19.0. The highest BCUT2D eigenvalue weighted by Crippen LogP contribution is 2.35. The maximum Gasteiger partial charge on any atom is 0.417 e. The lowest BCUT2D eigenvalue weighted by molar-refractivity contribution is -0.137. The van der Waals surface area contributed by atoms with Gasteiger partial charge in [0.1, 0.15) is 5.82 Å². The molecule has 3 aromatic carbocycles. The molecule has 0 aliphatic carbocycles. The molecule has 2 amide bonds. The summed E-state index contributed by atoms with van der Waals surface area (Å²) in [7, 11) is 0. The average Bonchev–Trinajstić information content (AvgIpc) is 3.35. The van der Waals surface area contributed by atoms with Crippen LogP contribution in [0.3, 0.4) is 0 Å². The summed E-state index contributed by atoms with van der Waals surface area (Å²) >= 11 is 11.4.